The molecule has 5 aromatic heterocycles. The van der Waals surface area contributed by atoms with Crippen molar-refractivity contribution in [2.75, 3.05) is 0 Å². The van der Waals surface area contributed by atoms with Gasteiger partial charge in [0.15, 0.2) is 0 Å². The summed E-state index contributed by atoms with van der Waals surface area (Å²) in [4.78, 5) is 18.2. The molecule has 0 aliphatic rings. The van der Waals surface area contributed by atoms with Crippen LogP contribution in [0, 0.1) is 25.9 Å². The van der Waals surface area contributed by atoms with Crippen LogP contribution in [0.5, 0.6) is 0 Å². The zero-order chi connectivity index (χ0) is 34.3. The standard InChI is InChI=1S/C24H15N4O.C15H18NSi.Ir/c1-15-10-11-18-17-8-5-9-19(22(17)29-24(18)26-15)23-27-20-12-13-25-14-21(20)28(23)16-6-3-2-4-7-16;1-12-5-7-13(8-6-12)15-10-9-14(11-16-15)17(2,3)4;/h2-8,10-14H,1H3;5-7,9-11H,1-4H3;/q2*-1;/i;1D3;. The molecule has 235 valence electrons. The van der Waals surface area contributed by atoms with Gasteiger partial charge in [0.25, 0.3) is 0 Å². The van der Waals surface area contributed by atoms with E-state index < -0.39 is 14.9 Å². The van der Waals surface area contributed by atoms with E-state index in [0.29, 0.717) is 11.3 Å². The Morgan fingerprint density at radius 1 is 0.851 bits per heavy atom. The van der Waals surface area contributed by atoms with Gasteiger partial charge in [-0.05, 0) is 48.1 Å². The summed E-state index contributed by atoms with van der Waals surface area (Å²) in [5.74, 6) is 0.764. The van der Waals surface area contributed by atoms with Gasteiger partial charge in [-0.1, -0.05) is 67.8 Å². The van der Waals surface area contributed by atoms with E-state index in [1.807, 2.05) is 67.8 Å². The number of benzene rings is 3. The molecule has 0 aliphatic carbocycles. The van der Waals surface area contributed by atoms with E-state index in [1.165, 1.54) is 11.3 Å². The molecule has 1 radical (unpaired) electrons. The molecule has 3 aromatic carbocycles. The quantitative estimate of drug-likeness (QED) is 0.131. The van der Waals surface area contributed by atoms with Crippen molar-refractivity contribution in [2.45, 2.75) is 33.4 Å². The summed E-state index contributed by atoms with van der Waals surface area (Å²) in [5, 5.41) is 3.30. The number of rotatable bonds is 4. The molecule has 8 rings (SSSR count). The number of furan rings is 1. The molecule has 0 bridgehead atoms. The number of aromatic nitrogens is 5. The third kappa shape index (κ3) is 6.45. The number of aryl methyl sites for hydroxylation is 2. The van der Waals surface area contributed by atoms with Crippen molar-refractivity contribution in [3.8, 4) is 28.3 Å². The molecule has 0 spiro atoms. The fourth-order valence-electron chi connectivity index (χ4n) is 5.39. The molecule has 0 N–H and O–H groups in total. The van der Waals surface area contributed by atoms with Crippen LogP contribution in [0.4, 0.5) is 0 Å². The maximum atomic E-state index is 7.35. The van der Waals surface area contributed by atoms with E-state index in [0.717, 1.165) is 61.4 Å². The van der Waals surface area contributed by atoms with E-state index in [4.69, 9.17) is 13.5 Å². The van der Waals surface area contributed by atoms with Crippen molar-refractivity contribution in [3.05, 3.63) is 133 Å². The molecule has 8 aromatic rings. The Balaban J connectivity index is 0.000000182. The molecule has 0 amide bonds. The molecule has 0 fully saturated rings. The number of hydrogen-bond acceptors (Lipinski definition) is 5. The van der Waals surface area contributed by atoms with E-state index in [2.05, 4.69) is 75.6 Å². The van der Waals surface area contributed by atoms with Crippen molar-refractivity contribution >= 4 is 46.4 Å². The zero-order valence-electron chi connectivity index (χ0n) is 29.4. The first kappa shape index (κ1) is 28.5. The van der Waals surface area contributed by atoms with Crippen molar-refractivity contribution in [2.24, 2.45) is 0 Å². The molecule has 5 heterocycles. The van der Waals surface area contributed by atoms with E-state index in [1.54, 1.807) is 18.3 Å². The number of para-hydroxylation sites is 1. The summed E-state index contributed by atoms with van der Waals surface area (Å²) >= 11 is 0. The second-order valence-corrected chi connectivity index (χ2v) is 17.2. The van der Waals surface area contributed by atoms with Crippen LogP contribution in [0.2, 0.25) is 19.6 Å². The molecular formula is C39H33IrN5OSi-2. The number of fused-ring (bicyclic) bond motifs is 4. The summed E-state index contributed by atoms with van der Waals surface area (Å²) in [6.45, 7) is 6.72. The van der Waals surface area contributed by atoms with Crippen LogP contribution in [-0.4, -0.2) is 32.6 Å². The maximum Gasteiger partial charge on any atom is 0.216 e. The maximum absolute atomic E-state index is 7.35. The second-order valence-electron chi connectivity index (χ2n) is 12.1. The Bertz CT molecular complexity index is 2360. The average molecular weight is 811 g/mol. The van der Waals surface area contributed by atoms with Crippen molar-refractivity contribution in [1.29, 1.82) is 0 Å². The van der Waals surface area contributed by atoms with Crippen LogP contribution in [-0.2, 0) is 20.1 Å². The summed E-state index contributed by atoms with van der Waals surface area (Å²) in [6.07, 6.45) is 5.52. The summed E-state index contributed by atoms with van der Waals surface area (Å²) < 4.78 is 30.3. The van der Waals surface area contributed by atoms with Gasteiger partial charge in [-0.15, -0.1) is 53.6 Å². The van der Waals surface area contributed by atoms with Gasteiger partial charge in [0.05, 0.1) is 36.7 Å². The number of imidazole rings is 1. The predicted octanol–water partition coefficient (Wildman–Crippen LogP) is 8.89. The van der Waals surface area contributed by atoms with Crippen LogP contribution >= 0.6 is 0 Å². The van der Waals surface area contributed by atoms with Crippen molar-refractivity contribution in [3.63, 3.8) is 0 Å². The Labute approximate surface area is 293 Å². The van der Waals surface area contributed by atoms with Gasteiger partial charge < -0.3 is 14.0 Å². The van der Waals surface area contributed by atoms with Gasteiger partial charge in [0.1, 0.15) is 0 Å². The average Bonchev–Trinajstić information content (AvgIpc) is 3.66. The van der Waals surface area contributed by atoms with E-state index in [9.17, 15) is 0 Å². The number of pyridine rings is 3. The summed E-state index contributed by atoms with van der Waals surface area (Å²) in [5.41, 5.74) is 7.85. The van der Waals surface area contributed by atoms with Crippen molar-refractivity contribution in [1.82, 2.24) is 24.5 Å². The van der Waals surface area contributed by atoms with Crippen LogP contribution < -0.4 is 5.19 Å². The third-order valence-electron chi connectivity index (χ3n) is 7.85. The molecule has 6 nitrogen and oxygen atoms in total. The van der Waals surface area contributed by atoms with Crippen LogP contribution in [0.25, 0.3) is 61.4 Å². The fraction of sp³-hybridized carbons (Fsp3) is 0.128. The zero-order valence-corrected chi connectivity index (χ0v) is 29.8. The van der Waals surface area contributed by atoms with Gasteiger partial charge in [-0.25, -0.2) is 4.98 Å². The molecule has 0 atom stereocenters. The monoisotopic (exact) mass is 811 g/mol. The third-order valence-corrected chi connectivity index (χ3v) is 9.88. The van der Waals surface area contributed by atoms with Gasteiger partial charge in [0, 0.05) is 53.4 Å². The molecule has 8 heteroatoms. The van der Waals surface area contributed by atoms with Gasteiger partial charge in [-0.3, -0.25) is 9.97 Å². The minimum atomic E-state index is -2.08. The topological polar surface area (TPSA) is 69.6 Å². The minimum absolute atomic E-state index is 0. The van der Waals surface area contributed by atoms with Crippen LogP contribution in [0.15, 0.2) is 114 Å². The summed E-state index contributed by atoms with van der Waals surface area (Å²) in [7, 11) is -1.34. The first-order valence-electron chi connectivity index (χ1n) is 16.6. The van der Waals surface area contributed by atoms with Crippen molar-refractivity contribution < 1.29 is 28.6 Å². The normalized spacial score (nSPS) is 12.6. The Kier molecular flexibility index (Phi) is 7.97. The molecule has 0 unspecified atom stereocenters. The second kappa shape index (κ2) is 13.2. The molecular weight excluding hydrogens is 775 g/mol. The molecule has 0 saturated carbocycles. The first-order valence-corrected chi connectivity index (χ1v) is 18.6. The van der Waals surface area contributed by atoms with Crippen LogP contribution in [0.3, 0.4) is 0 Å². The largest absolute Gasteiger partial charge is 0.486 e. The first-order chi connectivity index (χ1) is 23.5. The molecule has 0 aliphatic heterocycles. The number of nitrogens with zero attached hydrogens (tertiary/aromatic N) is 5. The smallest absolute Gasteiger partial charge is 0.216 e. The SMILES string of the molecule is Cc1ccc2c(n1)oc1c(-c3nc4ccncc4n3-c3ccccc3)[c-]ccc12.[2H]C([2H])([2H])c1c[c-]c(-c2ccc([Si](C)(C)C)cn2)cc1.[Ir]. The minimum Gasteiger partial charge on any atom is -0.486 e. The fourth-order valence-corrected chi connectivity index (χ4v) is 6.43. The van der Waals surface area contributed by atoms with Gasteiger partial charge >= 0.3 is 0 Å². The van der Waals surface area contributed by atoms with Gasteiger partial charge in [-0.2, -0.15) is 0 Å². The van der Waals surface area contributed by atoms with E-state index >= 15 is 0 Å². The Morgan fingerprint density at radius 2 is 1.70 bits per heavy atom. The van der Waals surface area contributed by atoms with Gasteiger partial charge in [0.2, 0.25) is 5.71 Å². The molecule has 0 saturated heterocycles. The predicted molar refractivity (Wildman–Crippen MR) is 189 cm³/mol. The van der Waals surface area contributed by atoms with Crippen LogP contribution in [0.1, 0.15) is 15.4 Å². The Morgan fingerprint density at radius 3 is 2.43 bits per heavy atom. The Hall–Kier alpha value is -4.75. The van der Waals surface area contributed by atoms with E-state index in [-0.39, 0.29) is 20.1 Å². The molecule has 47 heavy (non-hydrogen) atoms. The summed E-state index contributed by atoms with van der Waals surface area (Å²) in [6, 6.07) is 35.4. The number of hydrogen-bond donors (Lipinski definition) is 0.